The standard InChI is InChI=1S/C17H24N2O4S/c1-24(21,22)18-12-15-8-5-9-17(23-15)10-11-19(13-17)16(20)14-6-3-2-4-7-14/h2-4,6-7,15,18H,5,8-13H2,1H3/t15-,17-/m0/s1. The molecule has 7 heteroatoms. The molecule has 1 spiro atoms. The van der Waals surface area contributed by atoms with Crippen LogP contribution >= 0.6 is 0 Å². The van der Waals surface area contributed by atoms with Gasteiger partial charge in [-0.1, -0.05) is 18.2 Å². The first-order valence-electron chi connectivity index (χ1n) is 8.34. The van der Waals surface area contributed by atoms with Gasteiger partial charge >= 0.3 is 0 Å². The molecule has 2 aliphatic rings. The van der Waals surface area contributed by atoms with E-state index < -0.39 is 10.0 Å². The summed E-state index contributed by atoms with van der Waals surface area (Å²) in [5.41, 5.74) is 0.368. The van der Waals surface area contributed by atoms with Gasteiger partial charge in [-0.2, -0.15) is 0 Å². The third kappa shape index (κ3) is 4.15. The first-order chi connectivity index (χ1) is 11.4. The van der Waals surface area contributed by atoms with E-state index in [1.54, 1.807) is 0 Å². The van der Waals surface area contributed by atoms with Crippen LogP contribution in [-0.2, 0) is 14.8 Å². The lowest BCUT2D eigenvalue weighted by molar-refractivity contribution is -0.116. The van der Waals surface area contributed by atoms with E-state index in [1.165, 1.54) is 0 Å². The summed E-state index contributed by atoms with van der Waals surface area (Å²) < 4.78 is 31.3. The van der Waals surface area contributed by atoms with Crippen LogP contribution in [0.1, 0.15) is 36.0 Å². The molecular weight excluding hydrogens is 328 g/mol. The van der Waals surface area contributed by atoms with E-state index in [0.29, 0.717) is 25.2 Å². The van der Waals surface area contributed by atoms with Crippen molar-refractivity contribution in [1.82, 2.24) is 9.62 Å². The number of amides is 1. The fourth-order valence-electron chi connectivity index (χ4n) is 3.59. The van der Waals surface area contributed by atoms with Crippen molar-refractivity contribution in [2.45, 2.75) is 37.4 Å². The Morgan fingerprint density at radius 2 is 2.08 bits per heavy atom. The van der Waals surface area contributed by atoms with Gasteiger partial charge in [-0.15, -0.1) is 0 Å². The van der Waals surface area contributed by atoms with Gasteiger partial charge in [0.1, 0.15) is 0 Å². The minimum absolute atomic E-state index is 0.0347. The third-order valence-corrected chi connectivity index (χ3v) is 5.46. The van der Waals surface area contributed by atoms with Gasteiger partial charge in [0, 0.05) is 18.7 Å². The summed E-state index contributed by atoms with van der Waals surface area (Å²) in [6.07, 6.45) is 4.59. The zero-order chi connectivity index (χ0) is 17.2. The number of rotatable bonds is 4. The van der Waals surface area contributed by atoms with Crippen LogP contribution in [0.3, 0.4) is 0 Å². The number of nitrogens with zero attached hydrogens (tertiary/aromatic N) is 1. The Kier molecular flexibility index (Phi) is 4.94. The minimum atomic E-state index is -3.21. The summed E-state index contributed by atoms with van der Waals surface area (Å²) >= 11 is 0. The quantitative estimate of drug-likeness (QED) is 0.888. The molecule has 0 aromatic heterocycles. The topological polar surface area (TPSA) is 75.7 Å². The number of likely N-dealkylation sites (tertiary alicyclic amines) is 1. The molecule has 1 N–H and O–H groups in total. The first-order valence-corrected chi connectivity index (χ1v) is 10.2. The summed E-state index contributed by atoms with van der Waals surface area (Å²) in [5.74, 6) is 0.0347. The molecule has 2 heterocycles. The molecule has 1 amide bonds. The van der Waals surface area contributed by atoms with Gasteiger partial charge in [-0.05, 0) is 37.8 Å². The van der Waals surface area contributed by atoms with E-state index in [0.717, 1.165) is 31.9 Å². The normalized spacial score (nSPS) is 27.5. The summed E-state index contributed by atoms with van der Waals surface area (Å²) in [7, 11) is -3.21. The highest BCUT2D eigenvalue weighted by Gasteiger charge is 2.44. The number of ether oxygens (including phenoxy) is 1. The molecule has 24 heavy (non-hydrogen) atoms. The van der Waals surface area contributed by atoms with Crippen molar-refractivity contribution in [3.05, 3.63) is 35.9 Å². The lowest BCUT2D eigenvalue weighted by Crippen LogP contribution is -2.47. The molecule has 0 saturated carbocycles. The Labute approximate surface area is 143 Å². The number of hydrogen-bond acceptors (Lipinski definition) is 4. The van der Waals surface area contributed by atoms with Crippen molar-refractivity contribution in [3.8, 4) is 0 Å². The largest absolute Gasteiger partial charge is 0.368 e. The van der Waals surface area contributed by atoms with Gasteiger partial charge in [0.15, 0.2) is 0 Å². The van der Waals surface area contributed by atoms with Gasteiger partial charge in [-0.25, -0.2) is 13.1 Å². The number of hydrogen-bond donors (Lipinski definition) is 1. The van der Waals surface area contributed by atoms with E-state index in [9.17, 15) is 13.2 Å². The maximum absolute atomic E-state index is 12.6. The zero-order valence-electron chi connectivity index (χ0n) is 13.9. The van der Waals surface area contributed by atoms with Crippen LogP contribution < -0.4 is 4.72 Å². The predicted molar refractivity (Wildman–Crippen MR) is 91.3 cm³/mol. The molecule has 0 bridgehead atoms. The fourth-order valence-corrected chi connectivity index (χ4v) is 4.08. The first kappa shape index (κ1) is 17.4. The monoisotopic (exact) mass is 352 g/mol. The average molecular weight is 352 g/mol. The number of carbonyl (C=O) groups excluding carboxylic acids is 1. The molecule has 2 aliphatic heterocycles. The Bertz CT molecular complexity index is 692. The number of carbonyl (C=O) groups is 1. The molecule has 0 aliphatic carbocycles. The Hall–Kier alpha value is -1.44. The van der Waals surface area contributed by atoms with E-state index in [-0.39, 0.29) is 17.6 Å². The summed E-state index contributed by atoms with van der Waals surface area (Å²) in [6, 6.07) is 9.28. The van der Waals surface area contributed by atoms with Gasteiger partial charge in [0.25, 0.3) is 5.91 Å². The molecule has 1 aromatic rings. The molecular formula is C17H24N2O4S. The smallest absolute Gasteiger partial charge is 0.253 e. The second-order valence-electron chi connectivity index (χ2n) is 6.78. The van der Waals surface area contributed by atoms with Gasteiger partial charge in [0.2, 0.25) is 10.0 Å². The number of benzene rings is 1. The molecule has 3 rings (SSSR count). The van der Waals surface area contributed by atoms with Crippen LogP contribution in [0.15, 0.2) is 30.3 Å². The molecule has 0 unspecified atom stereocenters. The maximum atomic E-state index is 12.6. The molecule has 0 radical (unpaired) electrons. The maximum Gasteiger partial charge on any atom is 0.253 e. The summed E-state index contributed by atoms with van der Waals surface area (Å²) in [4.78, 5) is 14.4. The molecule has 2 atom stereocenters. The molecule has 2 fully saturated rings. The van der Waals surface area contributed by atoms with E-state index in [4.69, 9.17) is 4.74 Å². The van der Waals surface area contributed by atoms with Crippen molar-refractivity contribution in [2.24, 2.45) is 0 Å². The van der Waals surface area contributed by atoms with Crippen LogP contribution in [0.25, 0.3) is 0 Å². The van der Waals surface area contributed by atoms with Crippen LogP contribution in [0, 0.1) is 0 Å². The van der Waals surface area contributed by atoms with Crippen LogP contribution in [-0.4, -0.2) is 56.8 Å². The van der Waals surface area contributed by atoms with Crippen LogP contribution in [0.5, 0.6) is 0 Å². The van der Waals surface area contributed by atoms with E-state index >= 15 is 0 Å². The van der Waals surface area contributed by atoms with Gasteiger partial charge in [0.05, 0.1) is 24.5 Å². The molecule has 6 nitrogen and oxygen atoms in total. The minimum Gasteiger partial charge on any atom is -0.368 e. The van der Waals surface area contributed by atoms with E-state index in [1.807, 2.05) is 35.2 Å². The Morgan fingerprint density at radius 1 is 1.33 bits per heavy atom. The highest BCUT2D eigenvalue weighted by atomic mass is 32.2. The highest BCUT2D eigenvalue weighted by Crippen LogP contribution is 2.37. The molecule has 1 aromatic carbocycles. The highest BCUT2D eigenvalue weighted by molar-refractivity contribution is 7.88. The second kappa shape index (κ2) is 6.82. The number of nitrogens with one attached hydrogen (secondary N) is 1. The van der Waals surface area contributed by atoms with Crippen molar-refractivity contribution in [3.63, 3.8) is 0 Å². The third-order valence-electron chi connectivity index (χ3n) is 4.77. The van der Waals surface area contributed by atoms with Crippen molar-refractivity contribution >= 4 is 15.9 Å². The van der Waals surface area contributed by atoms with Crippen LogP contribution in [0.2, 0.25) is 0 Å². The lowest BCUT2D eigenvalue weighted by atomic mass is 9.90. The second-order valence-corrected chi connectivity index (χ2v) is 8.61. The van der Waals surface area contributed by atoms with Gasteiger partial charge in [-0.3, -0.25) is 4.79 Å². The van der Waals surface area contributed by atoms with Crippen molar-refractivity contribution in [2.75, 3.05) is 25.9 Å². The van der Waals surface area contributed by atoms with Crippen molar-refractivity contribution < 1.29 is 17.9 Å². The lowest BCUT2D eigenvalue weighted by Gasteiger charge is -2.38. The van der Waals surface area contributed by atoms with Gasteiger partial charge < -0.3 is 9.64 Å². The summed E-state index contributed by atoms with van der Waals surface area (Å²) in [5, 5.41) is 0. The Balaban J connectivity index is 1.62. The average Bonchev–Trinajstić information content (AvgIpc) is 2.96. The Morgan fingerprint density at radius 3 is 2.79 bits per heavy atom. The molecule has 132 valence electrons. The van der Waals surface area contributed by atoms with Crippen molar-refractivity contribution in [1.29, 1.82) is 0 Å². The summed E-state index contributed by atoms with van der Waals surface area (Å²) in [6.45, 7) is 1.56. The van der Waals surface area contributed by atoms with E-state index in [2.05, 4.69) is 4.72 Å². The zero-order valence-corrected chi connectivity index (χ0v) is 14.7. The predicted octanol–water partition coefficient (Wildman–Crippen LogP) is 1.39. The molecule has 2 saturated heterocycles. The van der Waals surface area contributed by atoms with Crippen LogP contribution in [0.4, 0.5) is 0 Å². The SMILES string of the molecule is CS(=O)(=O)NC[C@@H]1CCC[C@@]2(CCN(C(=O)c3ccccc3)C2)O1. The fraction of sp³-hybridized carbons (Fsp3) is 0.588. The number of sulfonamides is 1.